The Bertz CT molecular complexity index is 820. The highest BCUT2D eigenvalue weighted by atomic mass is 79.9. The minimum Gasteiger partial charge on any atom is -0.335 e. The van der Waals surface area contributed by atoms with E-state index in [1.807, 2.05) is 12.1 Å². The summed E-state index contributed by atoms with van der Waals surface area (Å²) in [5.74, 6) is 1.18. The molecule has 0 bridgehead atoms. The number of anilines is 2. The monoisotopic (exact) mass is 359 g/mol. The molecular weight excluding hydrogens is 350 g/mol. The molecule has 22 heavy (non-hydrogen) atoms. The topological polar surface area (TPSA) is 85.9 Å². The van der Waals surface area contributed by atoms with Gasteiger partial charge >= 0.3 is 0 Å². The van der Waals surface area contributed by atoms with E-state index in [0.717, 1.165) is 0 Å². The van der Waals surface area contributed by atoms with Crippen LogP contribution in [-0.2, 0) is 0 Å². The maximum absolute atomic E-state index is 11.1. The van der Waals surface area contributed by atoms with Crippen LogP contribution in [0.5, 0.6) is 0 Å². The van der Waals surface area contributed by atoms with Crippen molar-refractivity contribution in [3.05, 3.63) is 69.7 Å². The van der Waals surface area contributed by atoms with E-state index in [4.69, 9.17) is 0 Å². The van der Waals surface area contributed by atoms with Gasteiger partial charge in [-0.3, -0.25) is 14.7 Å². The smallest absolute Gasteiger partial charge is 0.293 e. The van der Waals surface area contributed by atoms with Crippen molar-refractivity contribution in [3.8, 4) is 5.82 Å². The van der Waals surface area contributed by atoms with Gasteiger partial charge in [0, 0.05) is 22.9 Å². The largest absolute Gasteiger partial charge is 0.335 e. The third-order valence-corrected chi connectivity index (χ3v) is 3.42. The van der Waals surface area contributed by atoms with E-state index in [1.54, 1.807) is 41.5 Å². The van der Waals surface area contributed by atoms with Crippen LogP contribution in [0.25, 0.3) is 5.82 Å². The minimum atomic E-state index is -0.438. The Morgan fingerprint density at radius 1 is 1.27 bits per heavy atom. The van der Waals surface area contributed by atoms with Crippen LogP contribution in [0.15, 0.2) is 59.6 Å². The minimum absolute atomic E-state index is 0.0239. The van der Waals surface area contributed by atoms with Gasteiger partial charge in [0.05, 0.1) is 4.92 Å². The lowest BCUT2D eigenvalue weighted by Gasteiger charge is -2.08. The molecule has 0 radical (unpaired) electrons. The van der Waals surface area contributed by atoms with Gasteiger partial charge in [0.1, 0.15) is 23.7 Å². The fourth-order valence-corrected chi connectivity index (χ4v) is 2.28. The van der Waals surface area contributed by atoms with Gasteiger partial charge in [0.2, 0.25) is 0 Å². The second-order valence-corrected chi connectivity index (χ2v) is 5.31. The van der Waals surface area contributed by atoms with Gasteiger partial charge in [-0.25, -0.2) is 9.97 Å². The average Bonchev–Trinajstić information content (AvgIpc) is 3.03. The van der Waals surface area contributed by atoms with Crippen LogP contribution < -0.4 is 5.32 Å². The standard InChI is InChI=1S/C14H10BrN5O2/c15-10-4-5-11(12(8-10)20(21)22)17-13-2-1-3-14(18-13)19-7-6-16-9-19/h1-9H,(H,17,18). The summed E-state index contributed by atoms with van der Waals surface area (Å²) in [6.07, 6.45) is 5.06. The number of nitro groups is 1. The molecule has 0 amide bonds. The molecule has 3 aromatic rings. The summed E-state index contributed by atoms with van der Waals surface area (Å²) in [5.41, 5.74) is 0.354. The molecule has 0 aliphatic carbocycles. The second kappa shape index (κ2) is 5.94. The maximum atomic E-state index is 11.1. The van der Waals surface area contributed by atoms with E-state index in [-0.39, 0.29) is 5.69 Å². The molecule has 0 saturated heterocycles. The number of nitrogens with one attached hydrogen (secondary N) is 1. The van der Waals surface area contributed by atoms with Crippen molar-refractivity contribution >= 4 is 33.1 Å². The molecule has 0 atom stereocenters. The van der Waals surface area contributed by atoms with Gasteiger partial charge < -0.3 is 5.32 Å². The average molecular weight is 360 g/mol. The Morgan fingerprint density at radius 2 is 2.14 bits per heavy atom. The number of nitro benzene ring substituents is 1. The number of nitrogens with zero attached hydrogens (tertiary/aromatic N) is 4. The maximum Gasteiger partial charge on any atom is 0.293 e. The molecule has 2 aromatic heterocycles. The van der Waals surface area contributed by atoms with Crippen LogP contribution in [0.4, 0.5) is 17.2 Å². The highest BCUT2D eigenvalue weighted by Crippen LogP contribution is 2.30. The van der Waals surface area contributed by atoms with Crippen molar-refractivity contribution < 1.29 is 4.92 Å². The van der Waals surface area contributed by atoms with E-state index >= 15 is 0 Å². The Balaban J connectivity index is 1.94. The lowest BCUT2D eigenvalue weighted by molar-refractivity contribution is -0.384. The van der Waals surface area contributed by atoms with Gasteiger partial charge in [-0.05, 0) is 24.3 Å². The van der Waals surface area contributed by atoms with E-state index in [2.05, 4.69) is 31.2 Å². The second-order valence-electron chi connectivity index (χ2n) is 4.39. The van der Waals surface area contributed by atoms with Crippen LogP contribution in [0.2, 0.25) is 0 Å². The van der Waals surface area contributed by atoms with Gasteiger partial charge in [-0.2, -0.15) is 0 Å². The summed E-state index contributed by atoms with van der Waals surface area (Å²) in [6, 6.07) is 10.2. The number of hydrogen-bond acceptors (Lipinski definition) is 5. The molecule has 1 N–H and O–H groups in total. The first-order chi connectivity index (χ1) is 10.6. The number of halogens is 1. The first-order valence-electron chi connectivity index (χ1n) is 6.30. The summed E-state index contributed by atoms with van der Waals surface area (Å²) in [6.45, 7) is 0. The van der Waals surface area contributed by atoms with Crippen molar-refractivity contribution in [2.24, 2.45) is 0 Å². The molecule has 0 fully saturated rings. The third kappa shape index (κ3) is 2.96. The van der Waals surface area contributed by atoms with Crippen molar-refractivity contribution in [1.82, 2.24) is 14.5 Å². The quantitative estimate of drug-likeness (QED) is 0.567. The van der Waals surface area contributed by atoms with Gasteiger partial charge in [-0.15, -0.1) is 0 Å². The van der Waals surface area contributed by atoms with Crippen LogP contribution in [0.3, 0.4) is 0 Å². The normalized spacial score (nSPS) is 10.4. The summed E-state index contributed by atoms with van der Waals surface area (Å²) in [5, 5.41) is 14.1. The van der Waals surface area contributed by atoms with Gasteiger partial charge in [0.25, 0.3) is 5.69 Å². The molecule has 0 unspecified atom stereocenters. The van der Waals surface area contributed by atoms with Crippen LogP contribution in [0.1, 0.15) is 0 Å². The Kier molecular flexibility index (Phi) is 3.84. The number of hydrogen-bond donors (Lipinski definition) is 1. The molecule has 0 aliphatic heterocycles. The van der Waals surface area contributed by atoms with Gasteiger partial charge in [0.15, 0.2) is 0 Å². The summed E-state index contributed by atoms with van der Waals surface area (Å²) < 4.78 is 2.39. The number of benzene rings is 1. The van der Waals surface area contributed by atoms with Crippen molar-refractivity contribution in [2.45, 2.75) is 0 Å². The third-order valence-electron chi connectivity index (χ3n) is 2.92. The molecule has 7 nitrogen and oxygen atoms in total. The number of aromatic nitrogens is 3. The van der Waals surface area contributed by atoms with Crippen LogP contribution >= 0.6 is 15.9 Å². The Labute approximate surface area is 133 Å². The van der Waals surface area contributed by atoms with Gasteiger partial charge in [-0.1, -0.05) is 22.0 Å². The fourth-order valence-electron chi connectivity index (χ4n) is 1.93. The number of rotatable bonds is 4. The van der Waals surface area contributed by atoms with E-state index in [1.165, 1.54) is 6.07 Å². The zero-order valence-electron chi connectivity index (χ0n) is 11.2. The Hall–Kier alpha value is -2.74. The van der Waals surface area contributed by atoms with E-state index in [9.17, 15) is 10.1 Å². The van der Waals surface area contributed by atoms with Crippen LogP contribution in [0, 0.1) is 10.1 Å². The first-order valence-corrected chi connectivity index (χ1v) is 7.09. The van der Waals surface area contributed by atoms with Crippen molar-refractivity contribution in [3.63, 3.8) is 0 Å². The number of pyridine rings is 1. The highest BCUT2D eigenvalue weighted by Gasteiger charge is 2.14. The molecule has 0 aliphatic rings. The molecule has 110 valence electrons. The SMILES string of the molecule is O=[N+]([O-])c1cc(Br)ccc1Nc1cccc(-n2ccnc2)n1. The lowest BCUT2D eigenvalue weighted by Crippen LogP contribution is -2.01. The summed E-state index contributed by atoms with van der Waals surface area (Å²) in [4.78, 5) is 19.1. The molecule has 0 saturated carbocycles. The van der Waals surface area contributed by atoms with E-state index in [0.29, 0.717) is 21.8 Å². The molecule has 0 spiro atoms. The molecule has 2 heterocycles. The van der Waals surface area contributed by atoms with E-state index < -0.39 is 4.92 Å². The predicted molar refractivity (Wildman–Crippen MR) is 85.4 cm³/mol. The van der Waals surface area contributed by atoms with Crippen LogP contribution in [-0.4, -0.2) is 19.5 Å². The summed E-state index contributed by atoms with van der Waals surface area (Å²) >= 11 is 3.23. The zero-order valence-corrected chi connectivity index (χ0v) is 12.8. The molecular formula is C14H10BrN5O2. The fraction of sp³-hybridized carbons (Fsp3) is 0. The number of imidazole rings is 1. The summed E-state index contributed by atoms with van der Waals surface area (Å²) in [7, 11) is 0. The molecule has 3 rings (SSSR count). The first kappa shape index (κ1) is 14.2. The molecule has 1 aromatic carbocycles. The predicted octanol–water partition coefficient (Wildman–Crippen LogP) is 3.68. The molecule has 8 heteroatoms. The lowest BCUT2D eigenvalue weighted by atomic mass is 10.2. The van der Waals surface area contributed by atoms with Crippen molar-refractivity contribution in [2.75, 3.05) is 5.32 Å². The zero-order chi connectivity index (χ0) is 15.5. The highest BCUT2D eigenvalue weighted by molar-refractivity contribution is 9.10. The Morgan fingerprint density at radius 3 is 2.86 bits per heavy atom. The van der Waals surface area contributed by atoms with Crippen molar-refractivity contribution in [1.29, 1.82) is 0 Å².